The Morgan fingerprint density at radius 1 is 0.906 bits per heavy atom. The Morgan fingerprint density at radius 2 is 1.66 bits per heavy atom. The molecule has 1 atom stereocenters. The zero-order chi connectivity index (χ0) is 21.9. The smallest absolute Gasteiger partial charge is 0.297 e. The van der Waals surface area contributed by atoms with E-state index in [0.29, 0.717) is 25.0 Å². The molecule has 0 fully saturated rings. The third kappa shape index (κ3) is 4.30. The number of benzene rings is 2. The standard InChI is InChI=1S/C26H25N3O3/c1-18(2)31-25-13-10-21(14-27-25)24-15-28-26-29(24)16-23(32-26)17-30-22-11-8-20(9-12-22)19-6-4-3-5-7-19/h3-15,18,23H,16-17H2,1-2H3/t23-/m0/s1. The normalized spacial score (nSPS) is 14.8. The molecule has 0 radical (unpaired) electrons. The van der Waals surface area contributed by atoms with Gasteiger partial charge in [0.1, 0.15) is 12.4 Å². The fraction of sp³-hybridized carbons (Fsp3) is 0.231. The minimum atomic E-state index is -0.0947. The Labute approximate surface area is 187 Å². The lowest BCUT2D eigenvalue weighted by molar-refractivity contribution is 0.143. The Bertz CT molecular complexity index is 1170. The average Bonchev–Trinajstić information content (AvgIpc) is 3.39. The maximum atomic E-state index is 5.98. The van der Waals surface area contributed by atoms with Crippen LogP contribution in [0.5, 0.6) is 17.6 Å². The zero-order valence-corrected chi connectivity index (χ0v) is 18.1. The molecule has 1 aliphatic heterocycles. The predicted octanol–water partition coefficient (Wildman–Crippen LogP) is 5.24. The molecule has 0 saturated heterocycles. The van der Waals surface area contributed by atoms with Gasteiger partial charge in [-0.2, -0.15) is 0 Å². The van der Waals surface area contributed by atoms with Gasteiger partial charge in [0.05, 0.1) is 24.5 Å². The summed E-state index contributed by atoms with van der Waals surface area (Å²) in [5, 5.41) is 0. The molecule has 0 aliphatic carbocycles. The van der Waals surface area contributed by atoms with Crippen molar-refractivity contribution in [3.63, 3.8) is 0 Å². The fourth-order valence-electron chi connectivity index (χ4n) is 3.74. The minimum Gasteiger partial charge on any atom is -0.490 e. The van der Waals surface area contributed by atoms with Gasteiger partial charge in [0.15, 0.2) is 6.10 Å². The van der Waals surface area contributed by atoms with Gasteiger partial charge in [-0.1, -0.05) is 42.5 Å². The number of pyridine rings is 1. The van der Waals surface area contributed by atoms with Crippen molar-refractivity contribution in [3.05, 3.63) is 79.1 Å². The van der Waals surface area contributed by atoms with Crippen molar-refractivity contribution in [2.24, 2.45) is 0 Å². The van der Waals surface area contributed by atoms with Crippen LogP contribution in [-0.4, -0.2) is 33.3 Å². The van der Waals surface area contributed by atoms with E-state index >= 15 is 0 Å². The van der Waals surface area contributed by atoms with Gasteiger partial charge in [-0.15, -0.1) is 0 Å². The van der Waals surface area contributed by atoms with Crippen molar-refractivity contribution in [1.82, 2.24) is 14.5 Å². The van der Waals surface area contributed by atoms with Crippen LogP contribution in [0.15, 0.2) is 79.1 Å². The van der Waals surface area contributed by atoms with Crippen LogP contribution in [0.3, 0.4) is 0 Å². The van der Waals surface area contributed by atoms with E-state index in [4.69, 9.17) is 14.2 Å². The van der Waals surface area contributed by atoms with Crippen LogP contribution in [0.1, 0.15) is 13.8 Å². The quantitative estimate of drug-likeness (QED) is 0.404. The lowest BCUT2D eigenvalue weighted by Crippen LogP contribution is -2.23. The van der Waals surface area contributed by atoms with Crippen molar-refractivity contribution in [1.29, 1.82) is 0 Å². The summed E-state index contributed by atoms with van der Waals surface area (Å²) < 4.78 is 19.7. The molecular formula is C26H25N3O3. The maximum Gasteiger partial charge on any atom is 0.297 e. The first kappa shape index (κ1) is 20.1. The predicted molar refractivity (Wildman–Crippen MR) is 123 cm³/mol. The van der Waals surface area contributed by atoms with Crippen molar-refractivity contribution < 1.29 is 14.2 Å². The van der Waals surface area contributed by atoms with Crippen LogP contribution < -0.4 is 14.2 Å². The second-order valence-corrected chi connectivity index (χ2v) is 8.03. The molecular weight excluding hydrogens is 402 g/mol. The van der Waals surface area contributed by atoms with E-state index in [9.17, 15) is 0 Å². The Balaban J connectivity index is 1.20. The lowest BCUT2D eigenvalue weighted by atomic mass is 10.1. The molecule has 162 valence electrons. The molecule has 1 aliphatic rings. The Kier molecular flexibility index (Phi) is 5.50. The van der Waals surface area contributed by atoms with Crippen LogP contribution in [0.4, 0.5) is 0 Å². The minimum absolute atomic E-state index is 0.0938. The van der Waals surface area contributed by atoms with Crippen LogP contribution in [0, 0.1) is 0 Å². The summed E-state index contributed by atoms with van der Waals surface area (Å²) in [6.45, 7) is 5.09. The number of hydrogen-bond donors (Lipinski definition) is 0. The third-order valence-electron chi connectivity index (χ3n) is 5.26. The number of aromatic nitrogens is 3. The summed E-state index contributed by atoms with van der Waals surface area (Å²) in [5.74, 6) is 1.44. The van der Waals surface area contributed by atoms with Crippen molar-refractivity contribution in [2.45, 2.75) is 32.6 Å². The number of imidazole rings is 1. The first-order valence-corrected chi connectivity index (χ1v) is 10.8. The highest BCUT2D eigenvalue weighted by Gasteiger charge is 2.27. The van der Waals surface area contributed by atoms with Gasteiger partial charge in [0, 0.05) is 17.8 Å². The van der Waals surface area contributed by atoms with Gasteiger partial charge in [-0.25, -0.2) is 9.97 Å². The molecule has 5 rings (SSSR count). The average molecular weight is 428 g/mol. The van der Waals surface area contributed by atoms with Crippen LogP contribution in [0.25, 0.3) is 22.4 Å². The van der Waals surface area contributed by atoms with E-state index in [1.54, 1.807) is 6.20 Å². The number of nitrogens with zero attached hydrogens (tertiary/aromatic N) is 3. The molecule has 0 amide bonds. The molecule has 0 N–H and O–H groups in total. The van der Waals surface area contributed by atoms with Crippen molar-refractivity contribution in [2.75, 3.05) is 6.61 Å². The molecule has 6 heteroatoms. The van der Waals surface area contributed by atoms with E-state index < -0.39 is 0 Å². The van der Waals surface area contributed by atoms with Gasteiger partial charge >= 0.3 is 0 Å². The summed E-state index contributed by atoms with van der Waals surface area (Å²) in [7, 11) is 0. The summed E-state index contributed by atoms with van der Waals surface area (Å²) in [4.78, 5) is 8.82. The first-order chi connectivity index (χ1) is 15.7. The second-order valence-electron chi connectivity index (χ2n) is 8.03. The molecule has 32 heavy (non-hydrogen) atoms. The number of hydrogen-bond acceptors (Lipinski definition) is 5. The van der Waals surface area contributed by atoms with Crippen molar-refractivity contribution in [3.8, 4) is 40.0 Å². The van der Waals surface area contributed by atoms with Gasteiger partial charge < -0.3 is 14.2 Å². The molecule has 0 spiro atoms. The molecule has 6 nitrogen and oxygen atoms in total. The summed E-state index contributed by atoms with van der Waals surface area (Å²) in [6, 6.07) is 22.9. The Hall–Kier alpha value is -3.80. The topological polar surface area (TPSA) is 58.4 Å². The highest BCUT2D eigenvalue weighted by molar-refractivity contribution is 5.64. The van der Waals surface area contributed by atoms with Crippen LogP contribution in [0.2, 0.25) is 0 Å². The molecule has 0 unspecified atom stereocenters. The van der Waals surface area contributed by atoms with Gasteiger partial charge in [-0.3, -0.25) is 4.57 Å². The van der Waals surface area contributed by atoms with Crippen molar-refractivity contribution >= 4 is 0 Å². The second kappa shape index (κ2) is 8.75. The molecule has 4 aromatic rings. The molecule has 3 heterocycles. The zero-order valence-electron chi connectivity index (χ0n) is 18.1. The van der Waals surface area contributed by atoms with Crippen LogP contribution >= 0.6 is 0 Å². The summed E-state index contributed by atoms with van der Waals surface area (Å²) in [5.41, 5.74) is 4.30. The van der Waals surface area contributed by atoms with Crippen LogP contribution in [-0.2, 0) is 6.54 Å². The van der Waals surface area contributed by atoms with E-state index in [2.05, 4.69) is 38.8 Å². The third-order valence-corrected chi connectivity index (χ3v) is 5.26. The summed E-state index contributed by atoms with van der Waals surface area (Å²) in [6.07, 6.45) is 3.62. The highest BCUT2D eigenvalue weighted by Crippen LogP contribution is 2.30. The number of fused-ring (bicyclic) bond motifs is 1. The van der Waals surface area contributed by atoms with E-state index in [-0.39, 0.29) is 12.2 Å². The van der Waals surface area contributed by atoms with E-state index in [1.807, 2.05) is 62.5 Å². The summed E-state index contributed by atoms with van der Waals surface area (Å²) >= 11 is 0. The SMILES string of the molecule is CC(C)Oc1ccc(-c2cnc3n2C[C@@H](COc2ccc(-c4ccccc4)cc2)O3)cn1. The van der Waals surface area contributed by atoms with Gasteiger partial charge in [0.25, 0.3) is 6.01 Å². The van der Waals surface area contributed by atoms with Gasteiger partial charge in [-0.05, 0) is 43.2 Å². The number of ether oxygens (including phenoxy) is 3. The first-order valence-electron chi connectivity index (χ1n) is 10.8. The molecule has 2 aromatic carbocycles. The fourth-order valence-corrected chi connectivity index (χ4v) is 3.74. The van der Waals surface area contributed by atoms with E-state index in [1.165, 1.54) is 11.1 Å². The Morgan fingerprint density at radius 3 is 2.38 bits per heavy atom. The molecule has 0 bridgehead atoms. The monoisotopic (exact) mass is 427 g/mol. The molecule has 2 aromatic heterocycles. The number of rotatable bonds is 7. The highest BCUT2D eigenvalue weighted by atomic mass is 16.6. The lowest BCUT2D eigenvalue weighted by Gasteiger charge is -2.12. The van der Waals surface area contributed by atoms with Gasteiger partial charge in [0.2, 0.25) is 5.88 Å². The van der Waals surface area contributed by atoms with E-state index in [0.717, 1.165) is 17.0 Å². The largest absolute Gasteiger partial charge is 0.490 e. The maximum absolute atomic E-state index is 5.98. The molecule has 0 saturated carbocycles.